The third-order valence-corrected chi connectivity index (χ3v) is 6.36. The van der Waals surface area contributed by atoms with Crippen molar-refractivity contribution >= 4 is 40.3 Å². The van der Waals surface area contributed by atoms with E-state index in [0.29, 0.717) is 17.7 Å². The van der Waals surface area contributed by atoms with E-state index >= 15 is 0 Å². The Morgan fingerprint density at radius 1 is 0.951 bits per heavy atom. The van der Waals surface area contributed by atoms with E-state index in [2.05, 4.69) is 10.6 Å². The second-order valence-electron chi connectivity index (χ2n) is 11.1. The lowest BCUT2D eigenvalue weighted by Crippen LogP contribution is -2.53. The molecule has 0 spiro atoms. The number of carbonyl (C=O) groups excluding carboxylic acids is 4. The molecule has 0 fully saturated rings. The third-order valence-electron chi connectivity index (χ3n) is 6.36. The standard InChI is InChI=1S/C32H40N4O5/c1-6-7-17-36(30(39)26(20-27(33)37)35-31(40)41-32(3,4)5)28(24-14-10-11-21(2)18-24)29(38)34-25-16-15-22-12-8-9-13-23(22)19-25/h8-16,18-19,26,28H,6-7,17,20H2,1-5H3,(H2,33,37)(H,34,38)(H,35,40). The Bertz CT molecular complexity index is 1400. The van der Waals surface area contributed by atoms with Gasteiger partial charge in [0, 0.05) is 12.2 Å². The zero-order chi connectivity index (χ0) is 30.2. The Morgan fingerprint density at radius 3 is 2.29 bits per heavy atom. The first-order chi connectivity index (χ1) is 19.4. The van der Waals surface area contributed by atoms with Crippen LogP contribution in [0.4, 0.5) is 10.5 Å². The van der Waals surface area contributed by atoms with Crippen molar-refractivity contribution in [2.45, 2.75) is 71.6 Å². The lowest BCUT2D eigenvalue weighted by molar-refractivity contribution is -0.142. The van der Waals surface area contributed by atoms with Gasteiger partial charge in [-0.3, -0.25) is 14.4 Å². The maximum atomic E-state index is 14.1. The van der Waals surface area contributed by atoms with Crippen molar-refractivity contribution in [1.82, 2.24) is 10.2 Å². The summed E-state index contributed by atoms with van der Waals surface area (Å²) in [5, 5.41) is 7.47. The smallest absolute Gasteiger partial charge is 0.408 e. The molecule has 0 aliphatic heterocycles. The summed E-state index contributed by atoms with van der Waals surface area (Å²) in [6.07, 6.45) is 0.0252. The maximum absolute atomic E-state index is 14.1. The van der Waals surface area contributed by atoms with Crippen LogP contribution < -0.4 is 16.4 Å². The molecule has 4 N–H and O–H groups in total. The molecule has 3 aromatic rings. The number of rotatable bonds is 11. The molecule has 9 nitrogen and oxygen atoms in total. The van der Waals surface area contributed by atoms with Crippen LogP contribution in [0.5, 0.6) is 0 Å². The van der Waals surface area contributed by atoms with Gasteiger partial charge in [0.2, 0.25) is 11.8 Å². The van der Waals surface area contributed by atoms with Crippen molar-refractivity contribution in [2.24, 2.45) is 5.73 Å². The van der Waals surface area contributed by atoms with Crippen LogP contribution in [0, 0.1) is 6.92 Å². The summed E-state index contributed by atoms with van der Waals surface area (Å²) in [6.45, 7) is 9.16. The molecule has 0 heterocycles. The third kappa shape index (κ3) is 9.06. The zero-order valence-electron chi connectivity index (χ0n) is 24.4. The molecule has 41 heavy (non-hydrogen) atoms. The molecule has 3 aromatic carbocycles. The van der Waals surface area contributed by atoms with Gasteiger partial charge in [0.25, 0.3) is 5.91 Å². The number of nitrogens with one attached hydrogen (secondary N) is 2. The molecule has 2 atom stereocenters. The van der Waals surface area contributed by atoms with Crippen LogP contribution in [-0.4, -0.2) is 46.9 Å². The molecule has 0 saturated heterocycles. The van der Waals surface area contributed by atoms with Crippen LogP contribution >= 0.6 is 0 Å². The van der Waals surface area contributed by atoms with Gasteiger partial charge >= 0.3 is 6.09 Å². The number of unbranched alkanes of at least 4 members (excludes halogenated alkanes) is 1. The number of benzene rings is 3. The highest BCUT2D eigenvalue weighted by Crippen LogP contribution is 2.27. The summed E-state index contributed by atoms with van der Waals surface area (Å²) in [5.74, 6) is -1.81. The fourth-order valence-corrected chi connectivity index (χ4v) is 4.54. The average Bonchev–Trinajstić information content (AvgIpc) is 2.88. The number of fused-ring (bicyclic) bond motifs is 1. The monoisotopic (exact) mass is 560 g/mol. The number of ether oxygens (including phenoxy) is 1. The van der Waals surface area contributed by atoms with Gasteiger partial charge < -0.3 is 26.0 Å². The SMILES string of the molecule is CCCCN(C(=O)C(CC(N)=O)NC(=O)OC(C)(C)C)C(C(=O)Nc1ccc2ccccc2c1)c1cccc(C)c1. The number of nitrogens with zero attached hydrogens (tertiary/aromatic N) is 1. The van der Waals surface area contributed by atoms with E-state index in [0.717, 1.165) is 22.8 Å². The molecule has 0 radical (unpaired) electrons. The van der Waals surface area contributed by atoms with Crippen LogP contribution in [0.1, 0.15) is 64.1 Å². The minimum absolute atomic E-state index is 0.213. The Morgan fingerprint density at radius 2 is 1.66 bits per heavy atom. The summed E-state index contributed by atoms with van der Waals surface area (Å²) < 4.78 is 5.33. The number of carbonyl (C=O) groups is 4. The first-order valence-electron chi connectivity index (χ1n) is 13.8. The highest BCUT2D eigenvalue weighted by Gasteiger charge is 2.37. The van der Waals surface area contributed by atoms with Crippen molar-refractivity contribution in [3.8, 4) is 0 Å². The Labute approximate surface area is 241 Å². The van der Waals surface area contributed by atoms with E-state index in [9.17, 15) is 19.2 Å². The van der Waals surface area contributed by atoms with Crippen molar-refractivity contribution < 1.29 is 23.9 Å². The molecule has 0 saturated carbocycles. The number of hydrogen-bond acceptors (Lipinski definition) is 5. The van der Waals surface area contributed by atoms with E-state index in [1.807, 2.05) is 74.5 Å². The summed E-state index contributed by atoms with van der Waals surface area (Å²) in [5.41, 5.74) is 6.73. The van der Waals surface area contributed by atoms with Gasteiger partial charge in [-0.1, -0.05) is 73.5 Å². The molecule has 0 aliphatic rings. The van der Waals surface area contributed by atoms with E-state index in [4.69, 9.17) is 10.5 Å². The normalized spacial score (nSPS) is 12.7. The lowest BCUT2D eigenvalue weighted by atomic mass is 9.99. The van der Waals surface area contributed by atoms with E-state index < -0.39 is 47.9 Å². The van der Waals surface area contributed by atoms with Crippen LogP contribution in [0.25, 0.3) is 10.8 Å². The fourth-order valence-electron chi connectivity index (χ4n) is 4.54. The number of hydrogen-bond donors (Lipinski definition) is 3. The quantitative estimate of drug-likeness (QED) is 0.296. The predicted octanol–water partition coefficient (Wildman–Crippen LogP) is 5.23. The Kier molecular flexibility index (Phi) is 10.5. The maximum Gasteiger partial charge on any atom is 0.408 e. The first-order valence-corrected chi connectivity index (χ1v) is 13.8. The zero-order valence-corrected chi connectivity index (χ0v) is 24.4. The number of alkyl carbamates (subject to hydrolysis) is 1. The summed E-state index contributed by atoms with van der Waals surface area (Å²) in [4.78, 5) is 54.1. The predicted molar refractivity (Wildman–Crippen MR) is 160 cm³/mol. The minimum atomic E-state index is -1.32. The highest BCUT2D eigenvalue weighted by molar-refractivity contribution is 6.01. The minimum Gasteiger partial charge on any atom is -0.444 e. The van der Waals surface area contributed by atoms with Crippen LogP contribution in [0.15, 0.2) is 66.7 Å². The van der Waals surface area contributed by atoms with Crippen molar-refractivity contribution in [3.05, 3.63) is 77.9 Å². The topological polar surface area (TPSA) is 131 Å². The molecule has 0 aliphatic carbocycles. The molecule has 9 heteroatoms. The second kappa shape index (κ2) is 13.8. The molecule has 0 aromatic heterocycles. The van der Waals surface area contributed by atoms with Gasteiger partial charge in [-0.2, -0.15) is 0 Å². The van der Waals surface area contributed by atoms with Crippen molar-refractivity contribution in [3.63, 3.8) is 0 Å². The van der Waals surface area contributed by atoms with E-state index in [-0.39, 0.29) is 6.54 Å². The second-order valence-corrected chi connectivity index (χ2v) is 11.1. The largest absolute Gasteiger partial charge is 0.444 e. The molecule has 0 bridgehead atoms. The van der Waals surface area contributed by atoms with Crippen LogP contribution in [0.2, 0.25) is 0 Å². The van der Waals surface area contributed by atoms with Gasteiger partial charge in [0.05, 0.1) is 6.42 Å². The summed E-state index contributed by atoms with van der Waals surface area (Å²) in [7, 11) is 0. The average molecular weight is 561 g/mol. The molecule has 4 amide bonds. The molecule has 2 unspecified atom stereocenters. The molecular formula is C32H40N4O5. The number of aryl methyl sites for hydroxylation is 1. The summed E-state index contributed by atoms with van der Waals surface area (Å²) >= 11 is 0. The van der Waals surface area contributed by atoms with E-state index in [1.54, 1.807) is 26.8 Å². The van der Waals surface area contributed by atoms with E-state index in [1.165, 1.54) is 4.90 Å². The molecule has 218 valence electrons. The number of anilines is 1. The molecular weight excluding hydrogens is 520 g/mol. The first kappa shape index (κ1) is 31.1. The van der Waals surface area contributed by atoms with Gasteiger partial charge in [-0.15, -0.1) is 0 Å². The molecule has 3 rings (SSSR count). The van der Waals surface area contributed by atoms with Gasteiger partial charge in [0.1, 0.15) is 17.7 Å². The highest BCUT2D eigenvalue weighted by atomic mass is 16.6. The van der Waals surface area contributed by atoms with Crippen molar-refractivity contribution in [1.29, 1.82) is 0 Å². The fraction of sp³-hybridized carbons (Fsp3) is 0.375. The van der Waals surface area contributed by atoms with Crippen LogP contribution in [0.3, 0.4) is 0 Å². The lowest BCUT2D eigenvalue weighted by Gasteiger charge is -2.34. The van der Waals surface area contributed by atoms with Crippen molar-refractivity contribution in [2.75, 3.05) is 11.9 Å². The van der Waals surface area contributed by atoms with Gasteiger partial charge in [0.15, 0.2) is 0 Å². The number of primary amides is 1. The summed E-state index contributed by atoms with van der Waals surface area (Å²) in [6, 6.07) is 18.4. The van der Waals surface area contributed by atoms with Gasteiger partial charge in [-0.05, 0) is 62.6 Å². The Hall–Kier alpha value is -4.40. The van der Waals surface area contributed by atoms with Gasteiger partial charge in [-0.25, -0.2) is 4.79 Å². The number of nitrogens with two attached hydrogens (primary N) is 1. The Balaban J connectivity index is 2.02. The van der Waals surface area contributed by atoms with Crippen LogP contribution in [-0.2, 0) is 19.1 Å². The number of amides is 4.